The van der Waals surface area contributed by atoms with Crippen LogP contribution in [0.15, 0.2) is 200 Å². The zero-order valence-electron chi connectivity index (χ0n) is 31.3. The Hall–Kier alpha value is -7.87. The van der Waals surface area contributed by atoms with Crippen molar-refractivity contribution in [3.63, 3.8) is 0 Å². The van der Waals surface area contributed by atoms with Gasteiger partial charge in [0.15, 0.2) is 5.82 Å². The number of benzene rings is 8. The fourth-order valence-corrected chi connectivity index (χ4v) is 9.01. The molecule has 9 aromatic rings. The van der Waals surface area contributed by atoms with E-state index in [1.165, 1.54) is 22.3 Å². The van der Waals surface area contributed by atoms with E-state index in [0.29, 0.717) is 11.4 Å². The predicted molar refractivity (Wildman–Crippen MR) is 231 cm³/mol. The maximum atomic E-state index is 10.1. The molecular weight excluding hydrogens is 707 g/mol. The quantitative estimate of drug-likeness (QED) is 0.176. The maximum absolute atomic E-state index is 10.1. The van der Waals surface area contributed by atoms with Crippen molar-refractivity contribution in [2.45, 2.75) is 5.41 Å². The molecular formula is C54H33N3O. The monoisotopic (exact) mass is 739 g/mol. The molecule has 1 spiro atoms. The second-order valence-corrected chi connectivity index (χ2v) is 14.8. The van der Waals surface area contributed by atoms with Crippen molar-refractivity contribution in [1.29, 1.82) is 5.26 Å². The molecule has 2 heterocycles. The van der Waals surface area contributed by atoms with Gasteiger partial charge in [0.25, 0.3) is 0 Å². The molecule has 1 aliphatic heterocycles. The van der Waals surface area contributed by atoms with Crippen molar-refractivity contribution in [2.24, 2.45) is 0 Å². The van der Waals surface area contributed by atoms with Gasteiger partial charge in [-0.15, -0.1) is 0 Å². The predicted octanol–water partition coefficient (Wildman–Crippen LogP) is 13.2. The molecule has 1 aliphatic carbocycles. The molecule has 1 aromatic heterocycles. The molecule has 0 unspecified atom stereocenters. The van der Waals surface area contributed by atoms with Crippen LogP contribution in [0.5, 0.6) is 11.5 Å². The summed E-state index contributed by atoms with van der Waals surface area (Å²) in [6.45, 7) is 0. The van der Waals surface area contributed by atoms with Gasteiger partial charge in [0.1, 0.15) is 11.5 Å². The molecule has 0 bridgehead atoms. The Morgan fingerprint density at radius 1 is 0.379 bits per heavy atom. The summed E-state index contributed by atoms with van der Waals surface area (Å²) in [6.07, 6.45) is 0. The molecule has 0 N–H and O–H groups in total. The van der Waals surface area contributed by atoms with Gasteiger partial charge >= 0.3 is 0 Å². The first-order chi connectivity index (χ1) is 28.7. The van der Waals surface area contributed by atoms with Crippen molar-refractivity contribution in [1.82, 2.24) is 9.97 Å². The Morgan fingerprint density at radius 2 is 0.897 bits per heavy atom. The minimum Gasteiger partial charge on any atom is -0.457 e. The summed E-state index contributed by atoms with van der Waals surface area (Å²) < 4.78 is 6.87. The molecule has 58 heavy (non-hydrogen) atoms. The Morgan fingerprint density at radius 3 is 1.57 bits per heavy atom. The molecule has 0 saturated heterocycles. The van der Waals surface area contributed by atoms with E-state index < -0.39 is 5.41 Å². The van der Waals surface area contributed by atoms with Crippen LogP contribution in [0.25, 0.3) is 67.3 Å². The topological polar surface area (TPSA) is 58.8 Å². The molecule has 270 valence electrons. The number of hydrogen-bond donors (Lipinski definition) is 0. The fourth-order valence-electron chi connectivity index (χ4n) is 9.01. The van der Waals surface area contributed by atoms with Crippen molar-refractivity contribution < 1.29 is 4.74 Å². The summed E-state index contributed by atoms with van der Waals surface area (Å²) in [4.78, 5) is 10.6. The second-order valence-electron chi connectivity index (χ2n) is 14.8. The first-order valence-electron chi connectivity index (χ1n) is 19.5. The third-order valence-electron chi connectivity index (χ3n) is 11.6. The Balaban J connectivity index is 1.16. The van der Waals surface area contributed by atoms with Crippen LogP contribution in [-0.2, 0) is 5.41 Å². The highest BCUT2D eigenvalue weighted by atomic mass is 16.5. The first-order valence-corrected chi connectivity index (χ1v) is 19.5. The lowest BCUT2D eigenvalue weighted by molar-refractivity contribution is 0.436. The van der Waals surface area contributed by atoms with Gasteiger partial charge in [-0.1, -0.05) is 152 Å². The molecule has 0 amide bonds. The molecule has 2 aliphatic rings. The minimum absolute atomic E-state index is 0.626. The minimum atomic E-state index is -0.729. The summed E-state index contributed by atoms with van der Waals surface area (Å²) in [7, 11) is 0. The zero-order chi connectivity index (χ0) is 38.6. The largest absolute Gasteiger partial charge is 0.457 e. The van der Waals surface area contributed by atoms with Gasteiger partial charge in [-0.25, -0.2) is 9.97 Å². The van der Waals surface area contributed by atoms with E-state index in [-0.39, 0.29) is 0 Å². The summed E-state index contributed by atoms with van der Waals surface area (Å²) >= 11 is 0. The van der Waals surface area contributed by atoms with Gasteiger partial charge in [0.2, 0.25) is 0 Å². The zero-order valence-corrected chi connectivity index (χ0v) is 31.3. The molecule has 0 saturated carbocycles. The van der Waals surface area contributed by atoms with E-state index in [9.17, 15) is 5.26 Å². The van der Waals surface area contributed by atoms with E-state index in [2.05, 4.69) is 158 Å². The molecule has 8 aromatic carbocycles. The molecule has 0 fully saturated rings. The van der Waals surface area contributed by atoms with Crippen molar-refractivity contribution in [3.05, 3.63) is 228 Å². The number of nitriles is 1. The summed E-state index contributed by atoms with van der Waals surface area (Å²) in [5.41, 5.74) is 15.4. The number of hydrogen-bond acceptors (Lipinski definition) is 4. The van der Waals surface area contributed by atoms with E-state index in [0.717, 1.165) is 73.0 Å². The number of aromatic nitrogens is 2. The van der Waals surface area contributed by atoms with Crippen LogP contribution >= 0.6 is 0 Å². The van der Waals surface area contributed by atoms with Crippen molar-refractivity contribution in [2.75, 3.05) is 0 Å². The average molecular weight is 740 g/mol. The van der Waals surface area contributed by atoms with Crippen LogP contribution in [0.3, 0.4) is 0 Å². The van der Waals surface area contributed by atoms with E-state index in [4.69, 9.17) is 14.7 Å². The van der Waals surface area contributed by atoms with E-state index in [1.54, 1.807) is 0 Å². The Kier molecular flexibility index (Phi) is 7.74. The van der Waals surface area contributed by atoms with Crippen LogP contribution in [0, 0.1) is 11.3 Å². The van der Waals surface area contributed by atoms with Gasteiger partial charge in [0, 0.05) is 27.8 Å². The third kappa shape index (κ3) is 5.22. The fraction of sp³-hybridized carbons (Fsp3) is 0.0185. The van der Waals surface area contributed by atoms with Crippen LogP contribution < -0.4 is 4.74 Å². The number of rotatable bonds is 5. The van der Waals surface area contributed by atoms with Gasteiger partial charge in [-0.05, 0) is 93.0 Å². The highest BCUT2D eigenvalue weighted by Gasteiger charge is 2.51. The highest BCUT2D eigenvalue weighted by molar-refractivity contribution is 5.90. The van der Waals surface area contributed by atoms with Crippen molar-refractivity contribution in [3.8, 4) is 84.9 Å². The molecule has 0 radical (unpaired) electrons. The number of fused-ring (bicyclic) bond motifs is 9. The van der Waals surface area contributed by atoms with Crippen LogP contribution in [-0.4, -0.2) is 9.97 Å². The number of ether oxygens (including phenoxy) is 1. The summed E-state index contributed by atoms with van der Waals surface area (Å²) in [5.74, 6) is 2.19. The van der Waals surface area contributed by atoms with Crippen LogP contribution in [0.1, 0.15) is 27.8 Å². The smallest absolute Gasteiger partial charge is 0.160 e. The van der Waals surface area contributed by atoms with Gasteiger partial charge in [-0.2, -0.15) is 5.26 Å². The molecule has 0 atom stereocenters. The highest BCUT2D eigenvalue weighted by Crippen LogP contribution is 2.62. The summed E-state index contributed by atoms with van der Waals surface area (Å²) in [6, 6.07) is 71.7. The normalized spacial score (nSPS) is 12.7. The number of nitrogens with zero attached hydrogens (tertiary/aromatic N) is 3. The molecule has 4 heteroatoms. The molecule has 4 nitrogen and oxygen atoms in total. The maximum Gasteiger partial charge on any atom is 0.160 e. The van der Waals surface area contributed by atoms with Gasteiger partial charge < -0.3 is 4.74 Å². The Labute approximate surface area is 337 Å². The van der Waals surface area contributed by atoms with Crippen LogP contribution in [0.2, 0.25) is 0 Å². The average Bonchev–Trinajstić information content (AvgIpc) is 3.60. The van der Waals surface area contributed by atoms with E-state index in [1.807, 2.05) is 48.5 Å². The SMILES string of the molecule is N#Cc1ccccc1-c1ccc2c(c1)C1(c3cc(-c4nc(-c5ccccc5)cc(-c5cccc(-c6ccccc6)c5)n4)ccc3O2)c2ccccc2-c2ccccc21. The Bertz CT molecular complexity index is 3060. The van der Waals surface area contributed by atoms with E-state index >= 15 is 0 Å². The third-order valence-corrected chi connectivity index (χ3v) is 11.6. The summed E-state index contributed by atoms with van der Waals surface area (Å²) in [5, 5.41) is 10.1. The van der Waals surface area contributed by atoms with Crippen LogP contribution in [0.4, 0.5) is 0 Å². The second kappa shape index (κ2) is 13.4. The lowest BCUT2D eigenvalue weighted by Gasteiger charge is -2.40. The van der Waals surface area contributed by atoms with Gasteiger partial charge in [-0.3, -0.25) is 0 Å². The molecule has 11 rings (SSSR count). The first kappa shape index (κ1) is 33.5. The standard InChI is InChI=1S/C54H33N3O/c55-34-41-18-7-8-21-42(41)38-26-28-51-47(31-38)54(45-24-11-9-22-43(45)44-23-10-12-25-46(44)54)48-32-40(27-29-52(48)58-51)53-56-49(36-16-5-2-6-17-36)33-50(57-53)39-20-13-19-37(30-39)35-14-3-1-4-15-35/h1-33H. The lowest BCUT2D eigenvalue weighted by atomic mass is 9.65. The lowest BCUT2D eigenvalue weighted by Crippen LogP contribution is -2.32. The van der Waals surface area contributed by atoms with Crippen molar-refractivity contribution >= 4 is 0 Å². The van der Waals surface area contributed by atoms with Gasteiger partial charge in [0.05, 0.1) is 28.4 Å².